The summed E-state index contributed by atoms with van der Waals surface area (Å²) < 4.78 is 0. The molecular weight excluding hydrogens is 282 g/mol. The Morgan fingerprint density at radius 1 is 1.38 bits per heavy atom. The molecule has 21 heavy (non-hydrogen) atoms. The number of nitrogens with zero attached hydrogens (tertiary/aromatic N) is 2. The number of aromatic amines is 1. The lowest BCUT2D eigenvalue weighted by Gasteiger charge is -2.12. The van der Waals surface area contributed by atoms with Gasteiger partial charge in [-0.05, 0) is 40.6 Å². The number of benzene rings is 1. The summed E-state index contributed by atoms with van der Waals surface area (Å²) in [5, 5.41) is 3.99. The number of nitrogens with one attached hydrogen (secondary N) is 1. The molecule has 1 N–H and O–H groups in total. The Morgan fingerprint density at radius 2 is 2.24 bits per heavy atom. The number of carbonyl (C=O) groups excluding carboxylic acids is 1. The number of hydrogen-bond donors (Lipinski definition) is 1. The summed E-state index contributed by atoms with van der Waals surface area (Å²) in [6, 6.07) is 9.82. The van der Waals surface area contributed by atoms with E-state index in [2.05, 4.69) is 9.97 Å². The average Bonchev–Trinajstić information content (AvgIpc) is 3.13. The average molecular weight is 297 g/mol. The van der Waals surface area contributed by atoms with E-state index in [4.69, 9.17) is 0 Å². The zero-order valence-corrected chi connectivity index (χ0v) is 12.4. The number of imidazole rings is 1. The van der Waals surface area contributed by atoms with Crippen molar-refractivity contribution >= 4 is 34.4 Å². The first-order valence-electron chi connectivity index (χ1n) is 6.61. The summed E-state index contributed by atoms with van der Waals surface area (Å²) in [7, 11) is 1.77. The third kappa shape index (κ3) is 3.20. The Kier molecular flexibility index (Phi) is 3.83. The standard InChI is InChI=1S/C16H15N3OS/c1-19(16(20)7-6-12-8-9-21-11-12)10-15-17-13-4-2-3-5-14(13)18-15/h2-9,11H,10H2,1H3,(H,17,18)/b7-6+. The monoisotopic (exact) mass is 297 g/mol. The zero-order chi connectivity index (χ0) is 14.7. The van der Waals surface area contributed by atoms with Crippen LogP contribution in [0.1, 0.15) is 11.4 Å². The van der Waals surface area contributed by atoms with Crippen LogP contribution in [-0.4, -0.2) is 27.8 Å². The summed E-state index contributed by atoms with van der Waals surface area (Å²) in [5.74, 6) is 0.748. The fourth-order valence-electron chi connectivity index (χ4n) is 2.05. The molecule has 0 fully saturated rings. The second-order valence-electron chi connectivity index (χ2n) is 4.78. The number of hydrogen-bond acceptors (Lipinski definition) is 3. The van der Waals surface area contributed by atoms with Crippen molar-refractivity contribution in [2.45, 2.75) is 6.54 Å². The van der Waals surface area contributed by atoms with E-state index in [9.17, 15) is 4.79 Å². The number of thiophene rings is 1. The summed E-state index contributed by atoms with van der Waals surface area (Å²) >= 11 is 1.61. The van der Waals surface area contributed by atoms with Gasteiger partial charge in [-0.3, -0.25) is 4.79 Å². The molecule has 0 aliphatic rings. The first kappa shape index (κ1) is 13.6. The quantitative estimate of drug-likeness (QED) is 0.751. The van der Waals surface area contributed by atoms with E-state index >= 15 is 0 Å². The van der Waals surface area contributed by atoms with Crippen molar-refractivity contribution in [1.82, 2.24) is 14.9 Å². The molecule has 0 unspecified atom stereocenters. The van der Waals surface area contributed by atoms with Crippen LogP contribution in [0.5, 0.6) is 0 Å². The lowest BCUT2D eigenvalue weighted by molar-refractivity contribution is -0.125. The maximum absolute atomic E-state index is 12.1. The van der Waals surface area contributed by atoms with Crippen LogP contribution in [0.25, 0.3) is 17.1 Å². The molecule has 0 bridgehead atoms. The molecule has 0 spiro atoms. The molecule has 1 amide bonds. The molecule has 0 aliphatic heterocycles. The highest BCUT2D eigenvalue weighted by Crippen LogP contribution is 2.12. The van der Waals surface area contributed by atoms with E-state index in [0.29, 0.717) is 6.54 Å². The van der Waals surface area contributed by atoms with Crippen molar-refractivity contribution in [1.29, 1.82) is 0 Å². The predicted octanol–water partition coefficient (Wildman–Crippen LogP) is 3.30. The van der Waals surface area contributed by atoms with Gasteiger partial charge in [0.1, 0.15) is 5.82 Å². The van der Waals surface area contributed by atoms with Crippen molar-refractivity contribution in [3.8, 4) is 0 Å². The van der Waals surface area contributed by atoms with E-state index in [-0.39, 0.29) is 5.91 Å². The van der Waals surface area contributed by atoms with E-state index in [1.165, 1.54) is 0 Å². The highest BCUT2D eigenvalue weighted by Gasteiger charge is 2.09. The normalized spacial score (nSPS) is 11.3. The fourth-order valence-corrected chi connectivity index (χ4v) is 2.68. The Bertz CT molecular complexity index is 741. The molecule has 3 rings (SSSR count). The molecule has 0 saturated carbocycles. The first-order valence-corrected chi connectivity index (χ1v) is 7.55. The van der Waals surface area contributed by atoms with Gasteiger partial charge in [-0.25, -0.2) is 4.98 Å². The third-order valence-electron chi connectivity index (χ3n) is 3.16. The number of fused-ring (bicyclic) bond motifs is 1. The molecule has 0 aliphatic carbocycles. The lowest BCUT2D eigenvalue weighted by atomic mass is 10.3. The highest BCUT2D eigenvalue weighted by atomic mass is 32.1. The molecule has 1 aromatic carbocycles. The number of likely N-dealkylation sites (N-methyl/N-ethyl adjacent to an activating group) is 1. The second kappa shape index (κ2) is 5.93. The Balaban J connectivity index is 1.67. The van der Waals surface area contributed by atoms with Crippen molar-refractivity contribution in [2.75, 3.05) is 7.05 Å². The van der Waals surface area contributed by atoms with Gasteiger partial charge in [0.25, 0.3) is 0 Å². The van der Waals surface area contributed by atoms with Crippen LogP contribution in [0.2, 0.25) is 0 Å². The van der Waals surface area contributed by atoms with E-state index in [1.54, 1.807) is 29.4 Å². The summed E-state index contributed by atoms with van der Waals surface area (Å²) in [6.07, 6.45) is 3.42. The number of amides is 1. The molecule has 2 heterocycles. The van der Waals surface area contributed by atoms with Gasteiger partial charge in [-0.1, -0.05) is 12.1 Å². The fraction of sp³-hybridized carbons (Fsp3) is 0.125. The molecule has 3 aromatic rings. The molecule has 0 radical (unpaired) electrons. The van der Waals surface area contributed by atoms with Crippen molar-refractivity contribution in [2.24, 2.45) is 0 Å². The van der Waals surface area contributed by atoms with Crippen molar-refractivity contribution in [3.63, 3.8) is 0 Å². The molecule has 5 heteroatoms. The van der Waals surface area contributed by atoms with Crippen LogP contribution in [-0.2, 0) is 11.3 Å². The second-order valence-corrected chi connectivity index (χ2v) is 5.56. The minimum Gasteiger partial charge on any atom is -0.340 e. The maximum atomic E-state index is 12.1. The van der Waals surface area contributed by atoms with Gasteiger partial charge >= 0.3 is 0 Å². The van der Waals surface area contributed by atoms with Crippen LogP contribution in [0.15, 0.2) is 47.2 Å². The SMILES string of the molecule is CN(Cc1nc2ccccc2[nH]1)C(=O)/C=C/c1ccsc1. The minimum atomic E-state index is -0.0401. The summed E-state index contributed by atoms with van der Waals surface area (Å²) in [4.78, 5) is 21.4. The van der Waals surface area contributed by atoms with Gasteiger partial charge in [-0.2, -0.15) is 11.3 Å². The Labute approximate surface area is 126 Å². The summed E-state index contributed by atoms with van der Waals surface area (Å²) in [5.41, 5.74) is 2.95. The number of rotatable bonds is 4. The Hall–Kier alpha value is -2.40. The highest BCUT2D eigenvalue weighted by molar-refractivity contribution is 7.08. The van der Waals surface area contributed by atoms with Gasteiger partial charge in [0.2, 0.25) is 5.91 Å². The molecule has 106 valence electrons. The third-order valence-corrected chi connectivity index (χ3v) is 3.86. The lowest BCUT2D eigenvalue weighted by Crippen LogP contribution is -2.24. The molecule has 0 atom stereocenters. The van der Waals surface area contributed by atoms with Crippen molar-refractivity contribution in [3.05, 3.63) is 58.6 Å². The largest absolute Gasteiger partial charge is 0.340 e. The maximum Gasteiger partial charge on any atom is 0.246 e. The van der Waals surface area contributed by atoms with E-state index < -0.39 is 0 Å². The summed E-state index contributed by atoms with van der Waals surface area (Å²) in [6.45, 7) is 0.460. The van der Waals surface area contributed by atoms with Gasteiger partial charge in [0.05, 0.1) is 17.6 Å². The molecule has 2 aromatic heterocycles. The van der Waals surface area contributed by atoms with Gasteiger partial charge < -0.3 is 9.88 Å². The van der Waals surface area contributed by atoms with Crippen LogP contribution < -0.4 is 0 Å². The minimum absolute atomic E-state index is 0.0401. The van der Waals surface area contributed by atoms with Gasteiger partial charge in [0, 0.05) is 13.1 Å². The number of aromatic nitrogens is 2. The van der Waals surface area contributed by atoms with E-state index in [1.807, 2.05) is 47.2 Å². The topological polar surface area (TPSA) is 49.0 Å². The number of H-pyrrole nitrogens is 1. The molecular formula is C16H15N3OS. The first-order chi connectivity index (χ1) is 10.2. The molecule has 4 nitrogen and oxygen atoms in total. The number of carbonyl (C=O) groups is 1. The Morgan fingerprint density at radius 3 is 3.00 bits per heavy atom. The van der Waals surface area contributed by atoms with Crippen LogP contribution >= 0.6 is 11.3 Å². The molecule has 0 saturated heterocycles. The number of para-hydroxylation sites is 2. The van der Waals surface area contributed by atoms with Crippen LogP contribution in [0.4, 0.5) is 0 Å². The van der Waals surface area contributed by atoms with E-state index in [0.717, 1.165) is 22.4 Å². The smallest absolute Gasteiger partial charge is 0.246 e. The van der Waals surface area contributed by atoms with Crippen molar-refractivity contribution < 1.29 is 4.79 Å². The zero-order valence-electron chi connectivity index (χ0n) is 11.6. The van der Waals surface area contributed by atoms with Crippen LogP contribution in [0.3, 0.4) is 0 Å². The van der Waals surface area contributed by atoms with Gasteiger partial charge in [-0.15, -0.1) is 0 Å². The van der Waals surface area contributed by atoms with Crippen LogP contribution in [0, 0.1) is 0 Å². The predicted molar refractivity (Wildman–Crippen MR) is 85.9 cm³/mol. The van der Waals surface area contributed by atoms with Gasteiger partial charge in [0.15, 0.2) is 0 Å².